The Morgan fingerprint density at radius 3 is 2.38 bits per heavy atom. The molecule has 0 aliphatic carbocycles. The molecule has 0 amide bonds. The summed E-state index contributed by atoms with van der Waals surface area (Å²) in [5.74, 6) is 0. The van der Waals surface area contributed by atoms with Gasteiger partial charge in [0.15, 0.2) is 0 Å². The van der Waals surface area contributed by atoms with Gasteiger partial charge < -0.3 is 0 Å². The zero-order valence-electron chi connectivity index (χ0n) is 6.19. The van der Waals surface area contributed by atoms with Crippen LogP contribution in [0, 0.1) is 11.3 Å². The molecule has 0 unspecified atom stereocenters. The van der Waals surface area contributed by atoms with Crippen molar-refractivity contribution in [2.24, 2.45) is 0 Å². The highest BCUT2D eigenvalue weighted by Gasteiger charge is 2.33. The molecule has 0 saturated heterocycles. The molecule has 5 heteroatoms. The second kappa shape index (κ2) is 3.27. The highest BCUT2D eigenvalue weighted by atomic mass is 35.5. The molecule has 1 nitrogen and oxygen atoms in total. The average molecular weight is 206 g/mol. The lowest BCUT2D eigenvalue weighted by Crippen LogP contribution is -2.07. The Labute approximate surface area is 77.4 Å². The molecule has 0 aliphatic rings. The van der Waals surface area contributed by atoms with Gasteiger partial charge in [0, 0.05) is 5.02 Å². The van der Waals surface area contributed by atoms with Crippen LogP contribution in [0.15, 0.2) is 18.2 Å². The molecule has 0 spiro atoms. The topological polar surface area (TPSA) is 23.8 Å². The van der Waals surface area contributed by atoms with Crippen molar-refractivity contribution in [3.63, 3.8) is 0 Å². The summed E-state index contributed by atoms with van der Waals surface area (Å²) in [5.41, 5.74) is -1.42. The molecule has 0 radical (unpaired) electrons. The highest BCUT2D eigenvalue weighted by Crippen LogP contribution is 2.32. The van der Waals surface area contributed by atoms with Gasteiger partial charge in [0.05, 0.1) is 17.2 Å². The second-order valence-electron chi connectivity index (χ2n) is 2.30. The van der Waals surface area contributed by atoms with Crippen LogP contribution in [0.4, 0.5) is 13.2 Å². The molecule has 1 aromatic rings. The fraction of sp³-hybridized carbons (Fsp3) is 0.125. The van der Waals surface area contributed by atoms with E-state index in [4.69, 9.17) is 16.9 Å². The van der Waals surface area contributed by atoms with Crippen molar-refractivity contribution in [3.05, 3.63) is 34.3 Å². The van der Waals surface area contributed by atoms with Crippen molar-refractivity contribution in [1.82, 2.24) is 0 Å². The summed E-state index contributed by atoms with van der Waals surface area (Å²) in [6, 6.07) is 4.32. The largest absolute Gasteiger partial charge is 0.417 e. The summed E-state index contributed by atoms with van der Waals surface area (Å²) in [5, 5.41) is 8.51. The maximum absolute atomic E-state index is 12.2. The average Bonchev–Trinajstić information content (AvgIpc) is 2.01. The van der Waals surface area contributed by atoms with Gasteiger partial charge in [-0.15, -0.1) is 0 Å². The van der Waals surface area contributed by atoms with Crippen molar-refractivity contribution in [2.75, 3.05) is 0 Å². The Morgan fingerprint density at radius 1 is 1.31 bits per heavy atom. The van der Waals surface area contributed by atoms with Crippen LogP contribution in [0.3, 0.4) is 0 Å². The number of alkyl halides is 3. The van der Waals surface area contributed by atoms with Crippen molar-refractivity contribution in [3.8, 4) is 6.07 Å². The fourth-order valence-electron chi connectivity index (χ4n) is 0.856. The van der Waals surface area contributed by atoms with Crippen molar-refractivity contribution >= 4 is 11.6 Å². The molecule has 0 heterocycles. The third-order valence-corrected chi connectivity index (χ3v) is 1.64. The van der Waals surface area contributed by atoms with Crippen molar-refractivity contribution in [1.29, 1.82) is 5.26 Å². The van der Waals surface area contributed by atoms with Crippen molar-refractivity contribution < 1.29 is 13.2 Å². The van der Waals surface area contributed by atoms with Crippen molar-refractivity contribution in [2.45, 2.75) is 6.18 Å². The maximum Gasteiger partial charge on any atom is 0.417 e. The predicted molar refractivity (Wildman–Crippen MR) is 41.2 cm³/mol. The van der Waals surface area contributed by atoms with Gasteiger partial charge in [-0.25, -0.2) is 0 Å². The first kappa shape index (κ1) is 9.87. The quantitative estimate of drug-likeness (QED) is 0.638. The standard InChI is InChI=1S/C8H3ClF3N/c9-6-1-2-7(8(10,11)12)5(3-6)4-13/h1-3H. The predicted octanol–water partition coefficient (Wildman–Crippen LogP) is 3.23. The van der Waals surface area contributed by atoms with Crippen LogP contribution in [-0.4, -0.2) is 0 Å². The molecular weight excluding hydrogens is 203 g/mol. The minimum atomic E-state index is -4.50. The highest BCUT2D eigenvalue weighted by molar-refractivity contribution is 6.30. The van der Waals surface area contributed by atoms with Crippen LogP contribution in [-0.2, 0) is 6.18 Å². The van der Waals surface area contributed by atoms with Gasteiger partial charge in [0.2, 0.25) is 0 Å². The summed E-state index contributed by atoms with van der Waals surface area (Å²) < 4.78 is 36.5. The molecule has 68 valence electrons. The molecule has 0 atom stereocenters. The summed E-state index contributed by atoms with van der Waals surface area (Å²) in [4.78, 5) is 0. The van der Waals surface area contributed by atoms with Gasteiger partial charge in [-0.05, 0) is 18.2 Å². The van der Waals surface area contributed by atoms with Crippen LogP contribution >= 0.6 is 11.6 Å². The van der Waals surface area contributed by atoms with Crippen LogP contribution in [0.5, 0.6) is 0 Å². The minimum Gasteiger partial charge on any atom is -0.192 e. The third-order valence-electron chi connectivity index (χ3n) is 1.41. The monoisotopic (exact) mass is 205 g/mol. The van der Waals surface area contributed by atoms with E-state index < -0.39 is 17.3 Å². The molecule has 0 aliphatic heterocycles. The summed E-state index contributed by atoms with van der Waals surface area (Å²) in [6.45, 7) is 0. The first-order valence-electron chi connectivity index (χ1n) is 3.22. The van der Waals surface area contributed by atoms with E-state index in [0.717, 1.165) is 18.2 Å². The Hall–Kier alpha value is -1.21. The Balaban J connectivity index is 3.32. The smallest absolute Gasteiger partial charge is 0.192 e. The Bertz CT molecular complexity index is 365. The number of rotatable bonds is 0. The van der Waals surface area contributed by atoms with Gasteiger partial charge in [0.1, 0.15) is 0 Å². The number of nitrogens with zero attached hydrogens (tertiary/aromatic N) is 1. The summed E-state index contributed by atoms with van der Waals surface area (Å²) >= 11 is 5.43. The number of nitriles is 1. The van der Waals surface area contributed by atoms with Gasteiger partial charge in [-0.2, -0.15) is 18.4 Å². The molecule has 0 fully saturated rings. The molecule has 0 saturated carbocycles. The SMILES string of the molecule is N#Cc1cc(Cl)ccc1C(F)(F)F. The van der Waals surface area contributed by atoms with Crippen LogP contribution < -0.4 is 0 Å². The fourth-order valence-corrected chi connectivity index (χ4v) is 1.03. The molecule has 1 rings (SSSR count). The number of benzene rings is 1. The number of hydrogen-bond acceptors (Lipinski definition) is 1. The lowest BCUT2D eigenvalue weighted by atomic mass is 10.1. The number of hydrogen-bond donors (Lipinski definition) is 0. The molecule has 0 N–H and O–H groups in total. The van der Waals surface area contributed by atoms with E-state index in [9.17, 15) is 13.2 Å². The van der Waals surface area contributed by atoms with E-state index in [2.05, 4.69) is 0 Å². The van der Waals surface area contributed by atoms with Crippen LogP contribution in [0.1, 0.15) is 11.1 Å². The number of halogens is 4. The van der Waals surface area contributed by atoms with Gasteiger partial charge in [0.25, 0.3) is 0 Å². The zero-order chi connectivity index (χ0) is 10.1. The summed E-state index contributed by atoms with van der Waals surface area (Å²) in [6.07, 6.45) is -4.50. The van der Waals surface area contributed by atoms with Gasteiger partial charge >= 0.3 is 6.18 Å². The zero-order valence-corrected chi connectivity index (χ0v) is 6.95. The molecule has 0 aromatic heterocycles. The minimum absolute atomic E-state index is 0.115. The Kier molecular flexibility index (Phi) is 2.48. The van der Waals surface area contributed by atoms with Gasteiger partial charge in [-0.1, -0.05) is 11.6 Å². The normalized spacial score (nSPS) is 11.0. The van der Waals surface area contributed by atoms with E-state index in [0.29, 0.717) is 0 Å². The van der Waals surface area contributed by atoms with Gasteiger partial charge in [-0.3, -0.25) is 0 Å². The Morgan fingerprint density at radius 2 is 1.92 bits per heavy atom. The second-order valence-corrected chi connectivity index (χ2v) is 2.74. The third kappa shape index (κ3) is 2.13. The van der Waals surface area contributed by atoms with E-state index >= 15 is 0 Å². The molecule has 13 heavy (non-hydrogen) atoms. The summed E-state index contributed by atoms with van der Waals surface area (Å²) in [7, 11) is 0. The lowest BCUT2D eigenvalue weighted by molar-refractivity contribution is -0.137. The van der Waals surface area contributed by atoms with E-state index in [-0.39, 0.29) is 5.02 Å². The first-order chi connectivity index (χ1) is 5.95. The lowest BCUT2D eigenvalue weighted by Gasteiger charge is -2.07. The first-order valence-corrected chi connectivity index (χ1v) is 3.60. The molecule has 0 bridgehead atoms. The molecular formula is C8H3ClF3N. The van der Waals surface area contributed by atoms with E-state index in [1.807, 2.05) is 0 Å². The maximum atomic E-state index is 12.2. The van der Waals surface area contributed by atoms with Crippen LogP contribution in [0.25, 0.3) is 0 Å². The van der Waals surface area contributed by atoms with E-state index in [1.165, 1.54) is 6.07 Å². The molecule has 1 aromatic carbocycles. The van der Waals surface area contributed by atoms with E-state index in [1.54, 1.807) is 0 Å². The van der Waals surface area contributed by atoms with Crippen LogP contribution in [0.2, 0.25) is 5.02 Å².